The molecule has 1 N–H and O–H groups in total. The van der Waals surface area contributed by atoms with Gasteiger partial charge in [0.05, 0.1) is 22.6 Å². The Bertz CT molecular complexity index is 1270. The van der Waals surface area contributed by atoms with Crippen LogP contribution in [0.1, 0.15) is 27.7 Å². The molecule has 33 heavy (non-hydrogen) atoms. The fourth-order valence-electron chi connectivity index (χ4n) is 3.08. The van der Waals surface area contributed by atoms with E-state index in [1.165, 1.54) is 29.7 Å². The van der Waals surface area contributed by atoms with E-state index >= 15 is 0 Å². The number of carbonyl (C=O) groups excluding carboxylic acids is 1. The zero-order chi connectivity index (χ0) is 23.8. The van der Waals surface area contributed by atoms with Gasteiger partial charge in [-0.2, -0.15) is 5.10 Å². The predicted molar refractivity (Wildman–Crippen MR) is 129 cm³/mol. The highest BCUT2D eigenvalue weighted by Gasteiger charge is 2.14. The highest BCUT2D eigenvalue weighted by molar-refractivity contribution is 7.20. The van der Waals surface area contributed by atoms with Crippen LogP contribution < -0.4 is 14.9 Å². The number of allylic oxidation sites excluding steroid dienone is 1. The van der Waals surface area contributed by atoms with Gasteiger partial charge in [0.2, 0.25) is 0 Å². The number of hydrogen-bond acceptors (Lipinski definition) is 7. The van der Waals surface area contributed by atoms with E-state index in [1.54, 1.807) is 24.3 Å². The third-order valence-electron chi connectivity index (χ3n) is 4.43. The highest BCUT2D eigenvalue weighted by Crippen LogP contribution is 2.33. The minimum Gasteiger partial charge on any atom is -0.490 e. The number of thiophene rings is 1. The number of terminal acetylenes is 1. The van der Waals surface area contributed by atoms with Crippen molar-refractivity contribution in [3.63, 3.8) is 0 Å². The van der Waals surface area contributed by atoms with Gasteiger partial charge in [-0.1, -0.05) is 12.0 Å². The summed E-state index contributed by atoms with van der Waals surface area (Å²) >= 11 is 1.23. The Morgan fingerprint density at radius 2 is 2.15 bits per heavy atom. The Labute approximate surface area is 194 Å². The summed E-state index contributed by atoms with van der Waals surface area (Å²) in [5, 5.41) is 15.6. The van der Waals surface area contributed by atoms with Crippen molar-refractivity contribution in [2.45, 2.75) is 13.3 Å². The van der Waals surface area contributed by atoms with E-state index in [4.69, 9.17) is 15.9 Å². The van der Waals surface area contributed by atoms with Crippen molar-refractivity contribution in [2.75, 3.05) is 13.2 Å². The Morgan fingerprint density at radius 3 is 2.85 bits per heavy atom. The summed E-state index contributed by atoms with van der Waals surface area (Å²) in [6.45, 7) is 6.17. The maximum atomic E-state index is 12.5. The summed E-state index contributed by atoms with van der Waals surface area (Å²) in [7, 11) is 0. The molecule has 0 aliphatic rings. The van der Waals surface area contributed by atoms with Gasteiger partial charge in [0.15, 0.2) is 11.5 Å². The number of nitrogens with zero attached hydrogens (tertiary/aromatic N) is 2. The molecule has 0 spiro atoms. The normalized spacial score (nSPS) is 10.7. The number of nitro groups is 1. The van der Waals surface area contributed by atoms with Crippen molar-refractivity contribution in [1.29, 1.82) is 0 Å². The molecule has 0 fully saturated rings. The molecule has 9 heteroatoms. The molecule has 168 valence electrons. The Morgan fingerprint density at radius 1 is 1.33 bits per heavy atom. The van der Waals surface area contributed by atoms with Gasteiger partial charge >= 0.3 is 0 Å². The van der Waals surface area contributed by atoms with Crippen LogP contribution >= 0.6 is 11.3 Å². The first-order valence-corrected chi connectivity index (χ1v) is 10.8. The van der Waals surface area contributed by atoms with E-state index in [0.29, 0.717) is 40.4 Å². The molecule has 3 rings (SSSR count). The van der Waals surface area contributed by atoms with Gasteiger partial charge in [-0.3, -0.25) is 14.9 Å². The number of fused-ring (bicyclic) bond motifs is 1. The van der Waals surface area contributed by atoms with Crippen LogP contribution in [0, 0.1) is 22.5 Å². The van der Waals surface area contributed by atoms with Gasteiger partial charge in [-0.25, -0.2) is 5.43 Å². The number of non-ortho nitro benzene ring substituents is 1. The van der Waals surface area contributed by atoms with E-state index in [1.807, 2.05) is 13.0 Å². The second-order valence-corrected chi connectivity index (χ2v) is 7.80. The summed E-state index contributed by atoms with van der Waals surface area (Å²) in [6.07, 6.45) is 9.08. The van der Waals surface area contributed by atoms with E-state index in [2.05, 4.69) is 23.0 Å². The largest absolute Gasteiger partial charge is 0.490 e. The number of hydrazone groups is 1. The van der Waals surface area contributed by atoms with Crippen molar-refractivity contribution in [1.82, 2.24) is 5.43 Å². The van der Waals surface area contributed by atoms with Gasteiger partial charge in [-0.15, -0.1) is 24.3 Å². The first kappa shape index (κ1) is 23.5. The summed E-state index contributed by atoms with van der Waals surface area (Å²) in [5.74, 6) is 3.09. The van der Waals surface area contributed by atoms with Gasteiger partial charge < -0.3 is 9.47 Å². The lowest BCUT2D eigenvalue weighted by Gasteiger charge is -2.15. The number of ether oxygens (including phenoxy) is 2. The molecule has 8 nitrogen and oxygen atoms in total. The van der Waals surface area contributed by atoms with Crippen LogP contribution in [0.5, 0.6) is 11.5 Å². The van der Waals surface area contributed by atoms with Crippen LogP contribution in [0.2, 0.25) is 0 Å². The number of rotatable bonds is 10. The van der Waals surface area contributed by atoms with Crippen LogP contribution in [0.15, 0.2) is 54.2 Å². The number of nitrogens with one attached hydrogen (secondary N) is 1. The number of nitro benzene ring substituents is 1. The van der Waals surface area contributed by atoms with Crippen molar-refractivity contribution >= 4 is 39.2 Å². The van der Waals surface area contributed by atoms with Crippen LogP contribution in [0.25, 0.3) is 10.1 Å². The van der Waals surface area contributed by atoms with E-state index in [-0.39, 0.29) is 12.3 Å². The van der Waals surface area contributed by atoms with E-state index in [9.17, 15) is 14.9 Å². The van der Waals surface area contributed by atoms with Crippen LogP contribution in [-0.2, 0) is 6.42 Å². The summed E-state index contributed by atoms with van der Waals surface area (Å²) in [5.41, 5.74) is 3.97. The summed E-state index contributed by atoms with van der Waals surface area (Å²) in [4.78, 5) is 23.4. The lowest BCUT2D eigenvalue weighted by Crippen LogP contribution is -2.16. The summed E-state index contributed by atoms with van der Waals surface area (Å²) < 4.78 is 12.1. The van der Waals surface area contributed by atoms with Crippen LogP contribution in [-0.4, -0.2) is 30.3 Å². The highest BCUT2D eigenvalue weighted by atomic mass is 32.1. The first-order chi connectivity index (χ1) is 16.0. The lowest BCUT2D eigenvalue weighted by molar-refractivity contribution is -0.384. The van der Waals surface area contributed by atoms with Crippen molar-refractivity contribution in [2.24, 2.45) is 5.10 Å². The SMILES string of the molecule is C#CCOc1c(CC=C)cc(/C=N\NC(=O)c2cc3cc([N+](=O)[O-])ccc3s2)cc1OCC. The van der Waals surface area contributed by atoms with E-state index in [0.717, 1.165) is 10.3 Å². The number of amides is 1. The lowest BCUT2D eigenvalue weighted by atomic mass is 10.1. The van der Waals surface area contributed by atoms with E-state index < -0.39 is 10.8 Å². The average molecular weight is 464 g/mol. The van der Waals surface area contributed by atoms with Crippen molar-refractivity contribution < 1.29 is 19.2 Å². The zero-order valence-corrected chi connectivity index (χ0v) is 18.7. The molecular weight excluding hydrogens is 442 g/mol. The molecule has 1 aromatic heterocycles. The molecule has 1 amide bonds. The topological polar surface area (TPSA) is 103 Å². The molecule has 0 saturated heterocycles. The summed E-state index contributed by atoms with van der Waals surface area (Å²) in [6, 6.07) is 9.67. The average Bonchev–Trinajstić information content (AvgIpc) is 3.22. The smallest absolute Gasteiger partial charge is 0.281 e. The van der Waals surface area contributed by atoms with Gasteiger partial charge in [0.1, 0.15) is 6.61 Å². The quantitative estimate of drug-likeness (QED) is 0.154. The molecule has 0 atom stereocenters. The third-order valence-corrected chi connectivity index (χ3v) is 5.55. The molecular formula is C24H21N3O5S. The monoisotopic (exact) mass is 463 g/mol. The minimum absolute atomic E-state index is 0.0274. The van der Waals surface area contributed by atoms with Crippen LogP contribution in [0.4, 0.5) is 5.69 Å². The van der Waals surface area contributed by atoms with Gasteiger partial charge in [-0.05, 0) is 43.2 Å². The Hall–Kier alpha value is -4.16. The predicted octanol–water partition coefficient (Wildman–Crippen LogP) is 4.71. The molecule has 0 radical (unpaired) electrons. The maximum Gasteiger partial charge on any atom is 0.281 e. The second kappa shape index (κ2) is 10.9. The fourth-order valence-corrected chi connectivity index (χ4v) is 4.02. The zero-order valence-electron chi connectivity index (χ0n) is 17.9. The van der Waals surface area contributed by atoms with Crippen LogP contribution in [0.3, 0.4) is 0 Å². The molecule has 1 heterocycles. The van der Waals surface area contributed by atoms with Crippen molar-refractivity contribution in [3.8, 4) is 23.8 Å². The molecule has 0 aliphatic heterocycles. The number of benzene rings is 2. The maximum absolute atomic E-state index is 12.5. The second-order valence-electron chi connectivity index (χ2n) is 6.71. The molecule has 0 aliphatic carbocycles. The molecule has 3 aromatic rings. The Balaban J connectivity index is 1.80. The molecule has 0 saturated carbocycles. The molecule has 0 unspecified atom stereocenters. The number of hydrogen-bond donors (Lipinski definition) is 1. The standard InChI is InChI=1S/C24H21N3O5S/c1-4-7-17-11-16(12-20(31-6-3)23(17)32-10-5-2)15-25-26-24(28)22-14-18-13-19(27(29)30)8-9-21(18)33-22/h2,4,8-9,11-15H,1,6-7,10H2,3H3,(H,26,28)/b25-15-. The van der Waals surface area contributed by atoms with Crippen molar-refractivity contribution in [3.05, 3.63) is 75.2 Å². The Kier molecular flexibility index (Phi) is 7.78. The first-order valence-electron chi connectivity index (χ1n) is 9.95. The minimum atomic E-state index is -0.471. The van der Waals surface area contributed by atoms with Gasteiger partial charge in [0, 0.05) is 27.8 Å². The fraction of sp³-hybridized carbons (Fsp3) is 0.167. The number of carbonyl (C=O) groups is 1. The third kappa shape index (κ3) is 5.75. The molecule has 0 bridgehead atoms. The van der Waals surface area contributed by atoms with Gasteiger partial charge in [0.25, 0.3) is 11.6 Å². The molecule has 2 aromatic carbocycles.